The SMILES string of the molecule is CCCN(CC)CCC(=O)c1cccc(F)c1. The molecule has 94 valence electrons. The van der Waals surface area contributed by atoms with Crippen molar-refractivity contribution in [1.82, 2.24) is 4.90 Å². The van der Waals surface area contributed by atoms with Crippen LogP contribution in [0.4, 0.5) is 4.39 Å². The molecule has 0 aliphatic heterocycles. The quantitative estimate of drug-likeness (QED) is 0.679. The smallest absolute Gasteiger partial charge is 0.164 e. The van der Waals surface area contributed by atoms with Gasteiger partial charge in [-0.25, -0.2) is 4.39 Å². The molecule has 3 heteroatoms. The van der Waals surface area contributed by atoms with Gasteiger partial charge in [-0.15, -0.1) is 0 Å². The fraction of sp³-hybridized carbons (Fsp3) is 0.500. The van der Waals surface area contributed by atoms with Crippen LogP contribution in [0.3, 0.4) is 0 Å². The summed E-state index contributed by atoms with van der Waals surface area (Å²) in [5.74, 6) is -0.337. The van der Waals surface area contributed by atoms with E-state index in [9.17, 15) is 9.18 Å². The lowest BCUT2D eigenvalue weighted by atomic mass is 10.1. The van der Waals surface area contributed by atoms with Gasteiger partial charge in [0.2, 0.25) is 0 Å². The van der Waals surface area contributed by atoms with E-state index < -0.39 is 0 Å². The number of halogens is 1. The Hall–Kier alpha value is -1.22. The van der Waals surface area contributed by atoms with Crippen LogP contribution < -0.4 is 0 Å². The topological polar surface area (TPSA) is 20.3 Å². The average Bonchev–Trinajstić information content (AvgIpc) is 2.34. The lowest BCUT2D eigenvalue weighted by Gasteiger charge is -2.18. The normalized spacial score (nSPS) is 10.8. The standard InChI is InChI=1S/C14H20FNO/c1-3-9-16(4-2)10-8-14(17)12-6-5-7-13(15)11-12/h5-7,11H,3-4,8-10H2,1-2H3. The van der Waals surface area contributed by atoms with E-state index in [0.29, 0.717) is 12.0 Å². The molecule has 0 heterocycles. The van der Waals surface area contributed by atoms with Crippen LogP contribution in [0.2, 0.25) is 0 Å². The second-order valence-corrected chi connectivity index (χ2v) is 4.12. The molecule has 0 amide bonds. The minimum absolute atomic E-state index is 0.0130. The zero-order chi connectivity index (χ0) is 12.7. The number of ketones is 1. The Bertz CT molecular complexity index is 365. The van der Waals surface area contributed by atoms with E-state index in [1.165, 1.54) is 12.1 Å². The second kappa shape index (κ2) is 7.17. The maximum atomic E-state index is 13.0. The van der Waals surface area contributed by atoms with Gasteiger partial charge < -0.3 is 4.90 Å². The molecule has 0 atom stereocenters. The first-order chi connectivity index (χ1) is 8.17. The molecule has 0 saturated carbocycles. The minimum Gasteiger partial charge on any atom is -0.303 e. The van der Waals surface area contributed by atoms with E-state index >= 15 is 0 Å². The van der Waals surface area contributed by atoms with Gasteiger partial charge in [-0.3, -0.25) is 4.79 Å². The molecule has 1 aromatic rings. The molecule has 0 radical (unpaired) electrons. The van der Waals surface area contributed by atoms with E-state index in [0.717, 1.165) is 26.1 Å². The highest BCUT2D eigenvalue weighted by Gasteiger charge is 2.09. The Morgan fingerprint density at radius 2 is 2.06 bits per heavy atom. The van der Waals surface area contributed by atoms with Gasteiger partial charge in [-0.1, -0.05) is 26.0 Å². The maximum absolute atomic E-state index is 13.0. The third kappa shape index (κ3) is 4.65. The summed E-state index contributed by atoms with van der Waals surface area (Å²) >= 11 is 0. The van der Waals surface area contributed by atoms with E-state index in [4.69, 9.17) is 0 Å². The highest BCUT2D eigenvalue weighted by atomic mass is 19.1. The van der Waals surface area contributed by atoms with Crippen LogP contribution in [0.5, 0.6) is 0 Å². The van der Waals surface area contributed by atoms with E-state index in [-0.39, 0.29) is 11.6 Å². The summed E-state index contributed by atoms with van der Waals surface area (Å²) < 4.78 is 13.0. The molecule has 0 bridgehead atoms. The minimum atomic E-state index is -0.350. The van der Waals surface area contributed by atoms with Gasteiger partial charge in [0.25, 0.3) is 0 Å². The lowest BCUT2D eigenvalue weighted by molar-refractivity contribution is 0.0965. The molecule has 0 aliphatic carbocycles. The van der Waals surface area contributed by atoms with Crippen molar-refractivity contribution in [1.29, 1.82) is 0 Å². The molecule has 0 fully saturated rings. The van der Waals surface area contributed by atoms with Crippen molar-refractivity contribution in [2.45, 2.75) is 26.7 Å². The van der Waals surface area contributed by atoms with Crippen LogP contribution in [0.15, 0.2) is 24.3 Å². The van der Waals surface area contributed by atoms with Crippen molar-refractivity contribution in [2.75, 3.05) is 19.6 Å². The third-order valence-corrected chi connectivity index (χ3v) is 2.79. The van der Waals surface area contributed by atoms with Crippen LogP contribution in [0.1, 0.15) is 37.0 Å². The van der Waals surface area contributed by atoms with Gasteiger partial charge in [0, 0.05) is 18.5 Å². The Morgan fingerprint density at radius 1 is 1.29 bits per heavy atom. The number of hydrogen-bond acceptors (Lipinski definition) is 2. The van der Waals surface area contributed by atoms with Gasteiger partial charge in [0.05, 0.1) is 0 Å². The highest BCUT2D eigenvalue weighted by molar-refractivity contribution is 5.96. The molecule has 0 aliphatic rings. The molecule has 0 N–H and O–H groups in total. The van der Waals surface area contributed by atoms with Crippen LogP contribution in [-0.4, -0.2) is 30.3 Å². The van der Waals surface area contributed by atoms with Crippen molar-refractivity contribution in [3.8, 4) is 0 Å². The van der Waals surface area contributed by atoms with Crippen molar-refractivity contribution in [3.63, 3.8) is 0 Å². The fourth-order valence-corrected chi connectivity index (χ4v) is 1.81. The van der Waals surface area contributed by atoms with Gasteiger partial charge >= 0.3 is 0 Å². The summed E-state index contributed by atoms with van der Waals surface area (Å²) in [6, 6.07) is 5.90. The van der Waals surface area contributed by atoms with Gasteiger partial charge in [-0.2, -0.15) is 0 Å². The predicted octanol–water partition coefficient (Wildman–Crippen LogP) is 3.13. The zero-order valence-electron chi connectivity index (χ0n) is 10.6. The van der Waals surface area contributed by atoms with Gasteiger partial charge in [0.1, 0.15) is 5.82 Å². The highest BCUT2D eigenvalue weighted by Crippen LogP contribution is 2.07. The molecule has 1 rings (SSSR count). The molecular weight excluding hydrogens is 217 g/mol. The summed E-state index contributed by atoms with van der Waals surface area (Å²) in [7, 11) is 0. The number of benzene rings is 1. The number of carbonyl (C=O) groups is 1. The second-order valence-electron chi connectivity index (χ2n) is 4.12. The Balaban J connectivity index is 2.49. The van der Waals surface area contributed by atoms with Crippen molar-refractivity contribution in [2.24, 2.45) is 0 Å². The van der Waals surface area contributed by atoms with Crippen LogP contribution >= 0.6 is 0 Å². The van der Waals surface area contributed by atoms with Crippen molar-refractivity contribution in [3.05, 3.63) is 35.6 Å². The van der Waals surface area contributed by atoms with Crippen LogP contribution in [0, 0.1) is 5.82 Å². The first-order valence-corrected chi connectivity index (χ1v) is 6.18. The monoisotopic (exact) mass is 237 g/mol. The third-order valence-electron chi connectivity index (χ3n) is 2.79. The Kier molecular flexibility index (Phi) is 5.84. The summed E-state index contributed by atoms with van der Waals surface area (Å²) in [6.07, 6.45) is 1.54. The molecular formula is C14H20FNO. The first-order valence-electron chi connectivity index (χ1n) is 6.18. The maximum Gasteiger partial charge on any atom is 0.164 e. The molecule has 0 spiro atoms. The summed E-state index contributed by atoms with van der Waals surface area (Å²) in [5, 5.41) is 0. The first kappa shape index (κ1) is 13.8. The van der Waals surface area contributed by atoms with Crippen LogP contribution in [0.25, 0.3) is 0 Å². The summed E-state index contributed by atoms with van der Waals surface area (Å²) in [4.78, 5) is 14.1. The Morgan fingerprint density at radius 3 is 2.65 bits per heavy atom. The van der Waals surface area contributed by atoms with Gasteiger partial charge in [0.15, 0.2) is 5.78 Å². The molecule has 1 aromatic carbocycles. The van der Waals surface area contributed by atoms with E-state index in [2.05, 4.69) is 18.7 Å². The predicted molar refractivity (Wildman–Crippen MR) is 67.8 cm³/mol. The van der Waals surface area contributed by atoms with E-state index in [1.54, 1.807) is 12.1 Å². The number of hydrogen-bond donors (Lipinski definition) is 0. The molecule has 17 heavy (non-hydrogen) atoms. The number of Topliss-reactive ketones (excluding diaryl/α,β-unsaturated/α-hetero) is 1. The molecule has 0 unspecified atom stereocenters. The summed E-state index contributed by atoms with van der Waals surface area (Å²) in [5.41, 5.74) is 0.470. The Labute approximate surface area is 102 Å². The van der Waals surface area contributed by atoms with Gasteiger partial charge in [-0.05, 0) is 31.6 Å². The molecule has 2 nitrogen and oxygen atoms in total. The van der Waals surface area contributed by atoms with Crippen LogP contribution in [-0.2, 0) is 0 Å². The molecule has 0 aromatic heterocycles. The average molecular weight is 237 g/mol. The largest absolute Gasteiger partial charge is 0.303 e. The lowest BCUT2D eigenvalue weighted by Crippen LogP contribution is -2.26. The van der Waals surface area contributed by atoms with Crippen molar-refractivity contribution >= 4 is 5.78 Å². The summed E-state index contributed by atoms with van der Waals surface area (Å²) in [6.45, 7) is 6.91. The number of nitrogens with zero attached hydrogens (tertiary/aromatic N) is 1. The van der Waals surface area contributed by atoms with E-state index in [1.807, 2.05) is 0 Å². The number of rotatable bonds is 7. The zero-order valence-corrected chi connectivity index (χ0v) is 10.6. The van der Waals surface area contributed by atoms with Crippen molar-refractivity contribution < 1.29 is 9.18 Å². The number of carbonyl (C=O) groups excluding carboxylic acids is 1. The fourth-order valence-electron chi connectivity index (χ4n) is 1.81. The molecule has 0 saturated heterocycles.